The van der Waals surface area contributed by atoms with E-state index in [9.17, 15) is 19.8 Å². The minimum absolute atomic E-state index is 0.170. The number of amides is 2. The van der Waals surface area contributed by atoms with E-state index in [4.69, 9.17) is 0 Å². The summed E-state index contributed by atoms with van der Waals surface area (Å²) in [4.78, 5) is 34.3. The molecule has 8 nitrogen and oxygen atoms in total. The van der Waals surface area contributed by atoms with Gasteiger partial charge in [-0.1, -0.05) is 30.7 Å². The monoisotopic (exact) mass is 406 g/mol. The Morgan fingerprint density at radius 1 is 1.30 bits per heavy atom. The molecule has 0 spiro atoms. The van der Waals surface area contributed by atoms with E-state index in [0.717, 1.165) is 24.2 Å². The number of aromatic amines is 1. The van der Waals surface area contributed by atoms with Crippen LogP contribution in [0.3, 0.4) is 0 Å². The van der Waals surface area contributed by atoms with E-state index < -0.39 is 11.8 Å². The second kappa shape index (κ2) is 6.56. The van der Waals surface area contributed by atoms with Crippen molar-refractivity contribution in [2.45, 2.75) is 25.0 Å². The number of nitrogens with zero attached hydrogens (tertiary/aromatic N) is 3. The topological polar surface area (TPSA) is 110 Å². The fraction of sp³-hybridized carbons (Fsp3) is 0.318. The van der Waals surface area contributed by atoms with E-state index in [1.165, 1.54) is 7.05 Å². The molecule has 0 radical (unpaired) electrons. The number of aromatic nitrogens is 2. The minimum atomic E-state index is -1.58. The number of imidazole rings is 1. The molecule has 1 aromatic heterocycles. The fourth-order valence-corrected chi connectivity index (χ4v) is 4.33. The third kappa shape index (κ3) is 2.60. The van der Waals surface area contributed by atoms with Gasteiger partial charge < -0.3 is 20.1 Å². The van der Waals surface area contributed by atoms with Crippen LogP contribution in [0.1, 0.15) is 40.7 Å². The first-order valence-corrected chi connectivity index (χ1v) is 10.0. The van der Waals surface area contributed by atoms with E-state index in [-0.39, 0.29) is 11.9 Å². The van der Waals surface area contributed by atoms with Gasteiger partial charge in [-0.25, -0.2) is 9.78 Å². The lowest BCUT2D eigenvalue weighted by atomic mass is 9.84. The van der Waals surface area contributed by atoms with Crippen molar-refractivity contribution in [3.8, 4) is 0 Å². The number of hydrogen-bond donors (Lipinski definition) is 3. The number of H-pyrrole nitrogens is 1. The van der Waals surface area contributed by atoms with Gasteiger partial charge in [-0.3, -0.25) is 9.69 Å². The number of benzene rings is 2. The summed E-state index contributed by atoms with van der Waals surface area (Å²) in [6.45, 7) is 0.498. The third-order valence-electron chi connectivity index (χ3n) is 6.31. The van der Waals surface area contributed by atoms with Crippen molar-refractivity contribution in [1.82, 2.24) is 14.9 Å². The highest BCUT2D eigenvalue weighted by molar-refractivity contribution is 6.00. The number of carbonyl (C=O) groups excluding carboxylic acids is 1. The number of carbonyl (C=O) groups is 2. The maximum atomic E-state index is 13.2. The van der Waals surface area contributed by atoms with Crippen LogP contribution in [-0.4, -0.2) is 50.7 Å². The number of anilines is 1. The fourth-order valence-electron chi connectivity index (χ4n) is 4.33. The van der Waals surface area contributed by atoms with Crippen molar-refractivity contribution in [2.24, 2.45) is 5.92 Å². The van der Waals surface area contributed by atoms with Gasteiger partial charge in [-0.2, -0.15) is 0 Å². The number of rotatable bonds is 4. The molecule has 2 aromatic carbocycles. The Morgan fingerprint density at radius 3 is 2.77 bits per heavy atom. The molecule has 3 N–H and O–H groups in total. The van der Waals surface area contributed by atoms with Crippen LogP contribution >= 0.6 is 0 Å². The van der Waals surface area contributed by atoms with Gasteiger partial charge in [-0.05, 0) is 37.0 Å². The van der Waals surface area contributed by atoms with Gasteiger partial charge in [-0.15, -0.1) is 0 Å². The summed E-state index contributed by atoms with van der Waals surface area (Å²) in [5, 5.41) is 21.1. The summed E-state index contributed by atoms with van der Waals surface area (Å²) in [7, 11) is 1.40. The molecule has 1 aliphatic carbocycles. The molecule has 2 aliphatic rings. The molecule has 1 saturated carbocycles. The molecular formula is C22H22N4O4. The highest BCUT2D eigenvalue weighted by Crippen LogP contribution is 2.44. The largest absolute Gasteiger partial charge is 0.465 e. The Kier molecular flexibility index (Phi) is 4.08. The predicted molar refractivity (Wildman–Crippen MR) is 110 cm³/mol. The van der Waals surface area contributed by atoms with Crippen molar-refractivity contribution in [3.05, 3.63) is 59.2 Å². The molecule has 154 valence electrons. The number of nitrogens with one attached hydrogen (secondary N) is 1. The lowest BCUT2D eigenvalue weighted by molar-refractivity contribution is -0.0603. The number of hydrogen-bond acceptors (Lipinski definition) is 4. The van der Waals surface area contributed by atoms with Gasteiger partial charge in [0.25, 0.3) is 5.91 Å². The van der Waals surface area contributed by atoms with Crippen LogP contribution in [-0.2, 0) is 5.72 Å². The zero-order valence-electron chi connectivity index (χ0n) is 16.5. The number of aliphatic hydroxyl groups is 1. The average molecular weight is 406 g/mol. The normalized spacial score (nSPS) is 21.0. The van der Waals surface area contributed by atoms with Crippen LogP contribution in [0.15, 0.2) is 42.5 Å². The Hall–Kier alpha value is -3.39. The summed E-state index contributed by atoms with van der Waals surface area (Å²) in [6, 6.07) is 12.4. The molecule has 1 unspecified atom stereocenters. The molecule has 5 rings (SSSR count). The molecule has 2 amide bonds. The van der Waals surface area contributed by atoms with Crippen LogP contribution in [0.4, 0.5) is 10.7 Å². The van der Waals surface area contributed by atoms with Crippen molar-refractivity contribution in [1.29, 1.82) is 0 Å². The summed E-state index contributed by atoms with van der Waals surface area (Å²) >= 11 is 0. The highest BCUT2D eigenvalue weighted by Gasteiger charge is 2.50. The molecule has 3 aromatic rings. The first kappa shape index (κ1) is 18.6. The molecule has 1 aliphatic heterocycles. The second-order valence-corrected chi connectivity index (χ2v) is 8.06. The predicted octanol–water partition coefficient (Wildman–Crippen LogP) is 3.13. The standard InChI is InChI=1S/C22H22N4O4/c1-25(21(28)29)20-23-17-10-9-14(11-18(17)24-20)22(30)16-8-3-2-7-15(16)19(27)26(22)12-13-5-4-6-13/h2-3,7-11,13,30H,4-6,12H2,1H3,(H,23,24)(H,28,29). The number of fused-ring (bicyclic) bond motifs is 2. The molecule has 2 heterocycles. The quantitative estimate of drug-likeness (QED) is 0.617. The van der Waals surface area contributed by atoms with E-state index in [2.05, 4.69) is 9.97 Å². The van der Waals surface area contributed by atoms with Gasteiger partial charge in [0.15, 0.2) is 5.72 Å². The molecule has 1 atom stereocenters. The van der Waals surface area contributed by atoms with Gasteiger partial charge in [0.05, 0.1) is 11.0 Å². The molecular weight excluding hydrogens is 384 g/mol. The van der Waals surface area contributed by atoms with Crippen molar-refractivity contribution >= 4 is 29.0 Å². The summed E-state index contributed by atoms with van der Waals surface area (Å²) in [6.07, 6.45) is 2.13. The van der Waals surface area contributed by atoms with Crippen LogP contribution in [0.25, 0.3) is 11.0 Å². The molecule has 0 saturated heterocycles. The lowest BCUT2D eigenvalue weighted by Crippen LogP contribution is -2.47. The van der Waals surface area contributed by atoms with Crippen LogP contribution < -0.4 is 4.90 Å². The Bertz CT molecular complexity index is 1170. The molecule has 0 bridgehead atoms. The van der Waals surface area contributed by atoms with Gasteiger partial charge in [0.1, 0.15) is 0 Å². The maximum absolute atomic E-state index is 13.2. The van der Waals surface area contributed by atoms with Gasteiger partial charge in [0, 0.05) is 30.3 Å². The molecule has 30 heavy (non-hydrogen) atoms. The van der Waals surface area contributed by atoms with Crippen molar-refractivity contribution in [3.63, 3.8) is 0 Å². The first-order valence-electron chi connectivity index (χ1n) is 10.0. The van der Waals surface area contributed by atoms with Crippen LogP contribution in [0.2, 0.25) is 0 Å². The van der Waals surface area contributed by atoms with E-state index in [0.29, 0.717) is 40.2 Å². The first-order chi connectivity index (χ1) is 14.4. The lowest BCUT2D eigenvalue weighted by Gasteiger charge is -2.39. The number of carboxylic acid groups (broad SMARTS) is 1. The molecule has 1 fully saturated rings. The Labute approximate surface area is 172 Å². The van der Waals surface area contributed by atoms with Crippen LogP contribution in [0, 0.1) is 5.92 Å². The van der Waals surface area contributed by atoms with Gasteiger partial charge in [0.2, 0.25) is 5.95 Å². The summed E-state index contributed by atoms with van der Waals surface area (Å²) < 4.78 is 0. The van der Waals surface area contributed by atoms with E-state index in [1.54, 1.807) is 41.3 Å². The average Bonchev–Trinajstić information content (AvgIpc) is 3.22. The maximum Gasteiger partial charge on any atom is 0.413 e. The summed E-state index contributed by atoms with van der Waals surface area (Å²) in [5.74, 6) is 0.411. The van der Waals surface area contributed by atoms with Crippen molar-refractivity contribution in [2.75, 3.05) is 18.5 Å². The van der Waals surface area contributed by atoms with Crippen molar-refractivity contribution < 1.29 is 19.8 Å². The van der Waals surface area contributed by atoms with E-state index in [1.807, 2.05) is 6.07 Å². The second-order valence-electron chi connectivity index (χ2n) is 8.06. The zero-order chi connectivity index (χ0) is 21.0. The van der Waals surface area contributed by atoms with E-state index >= 15 is 0 Å². The molecule has 8 heteroatoms. The Balaban J connectivity index is 1.62. The summed E-state index contributed by atoms with van der Waals surface area (Å²) in [5.41, 5.74) is 1.20. The van der Waals surface area contributed by atoms with Crippen LogP contribution in [0.5, 0.6) is 0 Å². The minimum Gasteiger partial charge on any atom is -0.465 e. The SMILES string of the molecule is CN(C(=O)O)c1nc2ccc(C3(O)c4ccccc4C(=O)N3CC3CCC3)cc2[nH]1. The smallest absolute Gasteiger partial charge is 0.413 e. The third-order valence-corrected chi connectivity index (χ3v) is 6.31. The Morgan fingerprint density at radius 2 is 2.07 bits per heavy atom. The zero-order valence-corrected chi connectivity index (χ0v) is 16.5. The van der Waals surface area contributed by atoms with Gasteiger partial charge >= 0.3 is 6.09 Å². The highest BCUT2D eigenvalue weighted by atomic mass is 16.4.